The molecular formula is C9H18NO2. The third-order valence-corrected chi connectivity index (χ3v) is 1.29. The maximum absolute atomic E-state index is 11.0. The fourth-order valence-electron chi connectivity index (χ4n) is 0.815. The second kappa shape index (κ2) is 7.10. The van der Waals surface area contributed by atoms with Gasteiger partial charge in [0.1, 0.15) is 0 Å². The van der Waals surface area contributed by atoms with Gasteiger partial charge in [0.05, 0.1) is 6.10 Å². The summed E-state index contributed by atoms with van der Waals surface area (Å²) in [6.45, 7) is 7.30. The zero-order valence-corrected chi connectivity index (χ0v) is 8.17. The second-order valence-corrected chi connectivity index (χ2v) is 2.91. The molecule has 0 N–H and O–H groups in total. The molecule has 12 heavy (non-hydrogen) atoms. The molecule has 0 fully saturated rings. The van der Waals surface area contributed by atoms with Crippen LogP contribution in [-0.4, -0.2) is 25.2 Å². The molecule has 0 saturated heterocycles. The van der Waals surface area contributed by atoms with Gasteiger partial charge in [-0.2, -0.15) is 0 Å². The molecule has 0 bridgehead atoms. The summed E-state index contributed by atoms with van der Waals surface area (Å²) >= 11 is 0. The largest absolute Gasteiger partial charge is 0.463 e. The van der Waals surface area contributed by atoms with E-state index in [2.05, 4.69) is 5.32 Å². The topological polar surface area (TPSA) is 40.4 Å². The Hall–Kier alpha value is -0.570. The molecule has 3 heteroatoms. The maximum atomic E-state index is 11.0. The number of rotatable bonds is 6. The van der Waals surface area contributed by atoms with Gasteiger partial charge in [0.25, 0.3) is 0 Å². The van der Waals surface area contributed by atoms with E-state index < -0.39 is 0 Å². The maximum Gasteiger partial charge on any atom is 0.306 e. The third kappa shape index (κ3) is 7.54. The van der Waals surface area contributed by atoms with E-state index in [0.717, 1.165) is 19.5 Å². The van der Waals surface area contributed by atoms with Crippen molar-refractivity contribution in [2.45, 2.75) is 39.7 Å². The van der Waals surface area contributed by atoms with Crippen molar-refractivity contribution in [1.29, 1.82) is 0 Å². The Balaban J connectivity index is 3.20. The Morgan fingerprint density at radius 2 is 2.17 bits per heavy atom. The van der Waals surface area contributed by atoms with Crippen molar-refractivity contribution in [2.75, 3.05) is 13.1 Å². The molecular weight excluding hydrogens is 154 g/mol. The number of nitrogens with zero attached hydrogens (tertiary/aromatic N) is 1. The summed E-state index contributed by atoms with van der Waals surface area (Å²) in [6.07, 6.45) is 1.29. The lowest BCUT2D eigenvalue weighted by molar-refractivity contribution is -0.147. The van der Waals surface area contributed by atoms with Gasteiger partial charge in [0.15, 0.2) is 0 Å². The molecule has 1 radical (unpaired) electrons. The minimum absolute atomic E-state index is 0.000568. The molecule has 0 heterocycles. The SMILES string of the molecule is CC[N]CCCC(=O)OC(C)C. The van der Waals surface area contributed by atoms with Crippen molar-refractivity contribution >= 4 is 5.97 Å². The lowest BCUT2D eigenvalue weighted by Crippen LogP contribution is -2.13. The van der Waals surface area contributed by atoms with Crippen LogP contribution in [0.5, 0.6) is 0 Å². The Kier molecular flexibility index (Phi) is 6.76. The lowest BCUT2D eigenvalue weighted by atomic mass is 10.3. The molecule has 0 aliphatic heterocycles. The Labute approximate surface area is 74.5 Å². The predicted octanol–water partition coefficient (Wildman–Crippen LogP) is 1.34. The smallest absolute Gasteiger partial charge is 0.306 e. The van der Waals surface area contributed by atoms with Gasteiger partial charge in [-0.05, 0) is 20.3 Å². The number of ether oxygens (including phenoxy) is 1. The molecule has 0 rings (SSSR count). The van der Waals surface area contributed by atoms with E-state index in [4.69, 9.17) is 4.74 Å². The van der Waals surface area contributed by atoms with Crippen LogP contribution in [0.2, 0.25) is 0 Å². The standard InChI is InChI=1S/C9H18NO2/c1-4-10-7-5-6-9(11)12-8(2)3/h8H,4-7H2,1-3H3. The van der Waals surface area contributed by atoms with Gasteiger partial charge >= 0.3 is 5.97 Å². The highest BCUT2D eigenvalue weighted by molar-refractivity contribution is 5.69. The van der Waals surface area contributed by atoms with Crippen LogP contribution < -0.4 is 5.32 Å². The first-order valence-electron chi connectivity index (χ1n) is 4.49. The predicted molar refractivity (Wildman–Crippen MR) is 48.0 cm³/mol. The van der Waals surface area contributed by atoms with E-state index in [1.807, 2.05) is 20.8 Å². The average Bonchev–Trinajstić information content (AvgIpc) is 1.97. The summed E-state index contributed by atoms with van der Waals surface area (Å²) in [5.41, 5.74) is 0. The number of esters is 1. The molecule has 0 atom stereocenters. The first-order chi connectivity index (χ1) is 5.66. The van der Waals surface area contributed by atoms with E-state index in [-0.39, 0.29) is 12.1 Å². The van der Waals surface area contributed by atoms with Crippen molar-refractivity contribution in [1.82, 2.24) is 5.32 Å². The van der Waals surface area contributed by atoms with E-state index >= 15 is 0 Å². The molecule has 0 aliphatic rings. The quantitative estimate of drug-likeness (QED) is 0.448. The third-order valence-electron chi connectivity index (χ3n) is 1.29. The van der Waals surface area contributed by atoms with Gasteiger partial charge in [-0.25, -0.2) is 5.32 Å². The summed E-state index contributed by atoms with van der Waals surface area (Å²) in [7, 11) is 0. The summed E-state index contributed by atoms with van der Waals surface area (Å²) in [5, 5.41) is 4.12. The Morgan fingerprint density at radius 1 is 1.50 bits per heavy atom. The molecule has 0 aromatic heterocycles. The van der Waals surface area contributed by atoms with Crippen LogP contribution in [0.25, 0.3) is 0 Å². The van der Waals surface area contributed by atoms with Crippen LogP contribution in [0.4, 0.5) is 0 Å². The summed E-state index contributed by atoms with van der Waals surface area (Å²) in [6, 6.07) is 0. The van der Waals surface area contributed by atoms with Gasteiger partial charge in [-0.15, -0.1) is 0 Å². The number of carbonyl (C=O) groups excluding carboxylic acids is 1. The van der Waals surface area contributed by atoms with Crippen LogP contribution in [-0.2, 0) is 9.53 Å². The number of hydrogen-bond donors (Lipinski definition) is 0. The summed E-state index contributed by atoms with van der Waals surface area (Å²) in [5.74, 6) is -0.115. The van der Waals surface area contributed by atoms with Crippen LogP contribution in [0, 0.1) is 0 Å². The van der Waals surface area contributed by atoms with Gasteiger partial charge in [0.2, 0.25) is 0 Å². The second-order valence-electron chi connectivity index (χ2n) is 2.91. The van der Waals surface area contributed by atoms with Gasteiger partial charge < -0.3 is 4.74 Å². The van der Waals surface area contributed by atoms with E-state index in [0.29, 0.717) is 6.42 Å². The fourth-order valence-corrected chi connectivity index (χ4v) is 0.815. The van der Waals surface area contributed by atoms with Crippen LogP contribution >= 0.6 is 0 Å². The van der Waals surface area contributed by atoms with Gasteiger partial charge in [0, 0.05) is 19.5 Å². The minimum Gasteiger partial charge on any atom is -0.463 e. The van der Waals surface area contributed by atoms with E-state index in [9.17, 15) is 4.79 Å². The molecule has 3 nitrogen and oxygen atoms in total. The van der Waals surface area contributed by atoms with E-state index in [1.54, 1.807) is 0 Å². The molecule has 0 aliphatic carbocycles. The Morgan fingerprint density at radius 3 is 2.67 bits per heavy atom. The number of hydrogen-bond acceptors (Lipinski definition) is 2. The van der Waals surface area contributed by atoms with Crippen molar-refractivity contribution < 1.29 is 9.53 Å². The van der Waals surface area contributed by atoms with Crippen LogP contribution in [0.1, 0.15) is 33.6 Å². The molecule has 0 unspecified atom stereocenters. The Bertz CT molecular complexity index is 124. The highest BCUT2D eigenvalue weighted by Crippen LogP contribution is 1.95. The van der Waals surface area contributed by atoms with Crippen molar-refractivity contribution in [2.24, 2.45) is 0 Å². The highest BCUT2D eigenvalue weighted by Gasteiger charge is 2.03. The normalized spacial score (nSPS) is 10.3. The zero-order valence-electron chi connectivity index (χ0n) is 8.17. The van der Waals surface area contributed by atoms with Crippen LogP contribution in [0.3, 0.4) is 0 Å². The van der Waals surface area contributed by atoms with Crippen molar-refractivity contribution in [3.05, 3.63) is 0 Å². The van der Waals surface area contributed by atoms with Gasteiger partial charge in [-0.3, -0.25) is 4.79 Å². The monoisotopic (exact) mass is 172 g/mol. The molecule has 0 aromatic rings. The molecule has 0 aromatic carbocycles. The summed E-state index contributed by atoms with van der Waals surface area (Å²) in [4.78, 5) is 11.0. The van der Waals surface area contributed by atoms with Crippen LogP contribution in [0.15, 0.2) is 0 Å². The van der Waals surface area contributed by atoms with Gasteiger partial charge in [-0.1, -0.05) is 6.92 Å². The zero-order chi connectivity index (χ0) is 9.40. The first kappa shape index (κ1) is 11.4. The van der Waals surface area contributed by atoms with Crippen molar-refractivity contribution in [3.8, 4) is 0 Å². The first-order valence-corrected chi connectivity index (χ1v) is 4.49. The molecule has 0 spiro atoms. The average molecular weight is 172 g/mol. The highest BCUT2D eigenvalue weighted by atomic mass is 16.5. The van der Waals surface area contributed by atoms with E-state index in [1.165, 1.54) is 0 Å². The molecule has 0 amide bonds. The minimum atomic E-state index is -0.115. The summed E-state index contributed by atoms with van der Waals surface area (Å²) < 4.78 is 4.95. The number of carbonyl (C=O) groups is 1. The van der Waals surface area contributed by atoms with Crippen molar-refractivity contribution in [3.63, 3.8) is 0 Å². The molecule has 0 saturated carbocycles. The molecule has 71 valence electrons. The fraction of sp³-hybridized carbons (Fsp3) is 0.889. The lowest BCUT2D eigenvalue weighted by Gasteiger charge is -2.06.